The smallest absolute Gasteiger partial charge is 0.412 e. The summed E-state index contributed by atoms with van der Waals surface area (Å²) < 4.78 is 5.12. The number of anilines is 1. The number of benzene rings is 1. The van der Waals surface area contributed by atoms with Crippen molar-refractivity contribution in [3.63, 3.8) is 0 Å². The van der Waals surface area contributed by atoms with Gasteiger partial charge in [0.15, 0.2) is 5.69 Å². The van der Waals surface area contributed by atoms with E-state index < -0.39 is 12.1 Å². The molecule has 0 atom stereocenters. The second-order valence-electron chi connectivity index (χ2n) is 5.38. The summed E-state index contributed by atoms with van der Waals surface area (Å²) in [6, 6.07) is 12.3. The highest BCUT2D eigenvalue weighted by Crippen LogP contribution is 2.22. The van der Waals surface area contributed by atoms with Gasteiger partial charge in [-0.25, -0.2) is 14.6 Å². The Labute approximate surface area is 149 Å². The third-order valence-electron chi connectivity index (χ3n) is 3.58. The summed E-state index contributed by atoms with van der Waals surface area (Å²) >= 11 is 0. The van der Waals surface area contributed by atoms with Crippen LogP contribution >= 0.6 is 0 Å². The van der Waals surface area contributed by atoms with E-state index in [4.69, 9.17) is 4.74 Å². The van der Waals surface area contributed by atoms with Crippen LogP contribution in [0.15, 0.2) is 55.2 Å². The number of carboxylic acids is 1. The molecule has 0 aliphatic carbocycles. The second kappa shape index (κ2) is 7.43. The molecule has 0 unspecified atom stereocenters. The van der Waals surface area contributed by atoms with Crippen LogP contribution in [0.1, 0.15) is 21.7 Å². The standard InChI is InChI=1S/C19H15N3O4/c1-2-14-9-15-13(10-20-14)8-16(17(21-15)18(23)24)22-19(25)26-11-12-6-4-3-5-7-12/h2-10H,1,11H2,(H,22,25)(H,23,24). The number of aromatic nitrogens is 2. The van der Waals surface area contributed by atoms with Gasteiger partial charge in [0.1, 0.15) is 6.61 Å². The van der Waals surface area contributed by atoms with Gasteiger partial charge in [0, 0.05) is 11.6 Å². The minimum absolute atomic E-state index is 0.0382. The fraction of sp³-hybridized carbons (Fsp3) is 0.0526. The summed E-state index contributed by atoms with van der Waals surface area (Å²) in [5.41, 5.74) is 1.59. The summed E-state index contributed by atoms with van der Waals surface area (Å²) in [6.07, 6.45) is 2.30. The first-order valence-electron chi connectivity index (χ1n) is 7.71. The zero-order valence-electron chi connectivity index (χ0n) is 13.7. The van der Waals surface area contributed by atoms with Crippen molar-refractivity contribution >= 4 is 34.7 Å². The van der Waals surface area contributed by atoms with Gasteiger partial charge in [-0.05, 0) is 23.8 Å². The molecule has 0 spiro atoms. The van der Waals surface area contributed by atoms with E-state index in [1.807, 2.05) is 30.3 Å². The fourth-order valence-electron chi connectivity index (χ4n) is 2.32. The molecule has 0 fully saturated rings. The summed E-state index contributed by atoms with van der Waals surface area (Å²) in [5, 5.41) is 12.4. The van der Waals surface area contributed by atoms with Gasteiger partial charge in [-0.3, -0.25) is 10.3 Å². The Hall–Kier alpha value is -3.74. The molecule has 130 valence electrons. The van der Waals surface area contributed by atoms with Crippen molar-refractivity contribution in [2.45, 2.75) is 6.61 Å². The first-order valence-corrected chi connectivity index (χ1v) is 7.71. The lowest BCUT2D eigenvalue weighted by molar-refractivity contribution is 0.0692. The number of amides is 1. The molecule has 7 nitrogen and oxygen atoms in total. The number of rotatable bonds is 5. The number of hydrogen-bond acceptors (Lipinski definition) is 5. The number of carbonyl (C=O) groups is 2. The average Bonchev–Trinajstić information content (AvgIpc) is 2.66. The number of ether oxygens (including phenoxy) is 1. The highest BCUT2D eigenvalue weighted by Gasteiger charge is 2.17. The van der Waals surface area contributed by atoms with Gasteiger partial charge in [0.2, 0.25) is 0 Å². The molecule has 2 heterocycles. The number of hydrogen-bond donors (Lipinski definition) is 2. The molecule has 0 aliphatic heterocycles. The van der Waals surface area contributed by atoms with Crippen molar-refractivity contribution in [3.8, 4) is 0 Å². The molecule has 0 radical (unpaired) electrons. The Morgan fingerprint density at radius 1 is 1.23 bits per heavy atom. The van der Waals surface area contributed by atoms with E-state index in [9.17, 15) is 14.7 Å². The van der Waals surface area contributed by atoms with Gasteiger partial charge >= 0.3 is 12.1 Å². The third kappa shape index (κ3) is 3.84. The number of nitrogens with one attached hydrogen (secondary N) is 1. The molecule has 3 rings (SSSR count). The van der Waals surface area contributed by atoms with Crippen LogP contribution in [-0.4, -0.2) is 27.1 Å². The molecule has 26 heavy (non-hydrogen) atoms. The molecule has 0 saturated heterocycles. The largest absolute Gasteiger partial charge is 0.476 e. The van der Waals surface area contributed by atoms with Crippen LogP contribution in [0.4, 0.5) is 10.5 Å². The second-order valence-corrected chi connectivity index (χ2v) is 5.38. The van der Waals surface area contributed by atoms with Crippen LogP contribution in [0.5, 0.6) is 0 Å². The summed E-state index contributed by atoms with van der Waals surface area (Å²) in [5.74, 6) is -1.26. The first kappa shape index (κ1) is 17.1. The molecule has 0 aliphatic rings. The minimum atomic E-state index is -1.26. The molecule has 7 heteroatoms. The maximum Gasteiger partial charge on any atom is 0.412 e. The Balaban J connectivity index is 1.83. The highest BCUT2D eigenvalue weighted by atomic mass is 16.5. The lowest BCUT2D eigenvalue weighted by Crippen LogP contribution is -2.17. The maximum absolute atomic E-state index is 12.0. The Bertz CT molecular complexity index is 987. The molecule has 0 bridgehead atoms. The number of fused-ring (bicyclic) bond motifs is 1. The Morgan fingerprint density at radius 2 is 2.00 bits per heavy atom. The van der Waals surface area contributed by atoms with Crippen LogP contribution in [0, 0.1) is 0 Å². The first-order chi connectivity index (χ1) is 12.6. The monoisotopic (exact) mass is 349 g/mol. The molecule has 0 saturated carbocycles. The summed E-state index contributed by atoms with van der Waals surface area (Å²) in [6.45, 7) is 3.69. The lowest BCUT2D eigenvalue weighted by atomic mass is 10.2. The van der Waals surface area contributed by atoms with E-state index >= 15 is 0 Å². The molecule has 1 amide bonds. The molecule has 2 aromatic heterocycles. The number of carbonyl (C=O) groups excluding carboxylic acids is 1. The van der Waals surface area contributed by atoms with E-state index in [2.05, 4.69) is 21.9 Å². The van der Waals surface area contributed by atoms with Crippen LogP contribution in [-0.2, 0) is 11.3 Å². The topological polar surface area (TPSA) is 101 Å². The minimum Gasteiger partial charge on any atom is -0.476 e. The van der Waals surface area contributed by atoms with Crippen LogP contribution in [0.25, 0.3) is 17.0 Å². The Morgan fingerprint density at radius 3 is 2.69 bits per heavy atom. The van der Waals surface area contributed by atoms with Crippen molar-refractivity contribution in [2.24, 2.45) is 0 Å². The van der Waals surface area contributed by atoms with Gasteiger partial charge in [-0.15, -0.1) is 0 Å². The molecular weight excluding hydrogens is 334 g/mol. The summed E-state index contributed by atoms with van der Waals surface area (Å²) in [4.78, 5) is 31.7. The number of aromatic carboxylic acids is 1. The van der Waals surface area contributed by atoms with Crippen molar-refractivity contribution in [3.05, 3.63) is 72.2 Å². The van der Waals surface area contributed by atoms with Gasteiger partial charge in [-0.2, -0.15) is 0 Å². The van der Waals surface area contributed by atoms with Crippen molar-refractivity contribution in [2.75, 3.05) is 5.32 Å². The van der Waals surface area contributed by atoms with Crippen molar-refractivity contribution in [1.29, 1.82) is 0 Å². The lowest BCUT2D eigenvalue weighted by Gasteiger charge is -2.10. The van der Waals surface area contributed by atoms with Crippen LogP contribution in [0.2, 0.25) is 0 Å². The maximum atomic E-state index is 12.0. The molecule has 2 N–H and O–H groups in total. The fourth-order valence-corrected chi connectivity index (χ4v) is 2.32. The Kier molecular flexibility index (Phi) is 4.89. The zero-order chi connectivity index (χ0) is 18.5. The normalized spacial score (nSPS) is 10.3. The van der Waals surface area contributed by atoms with Crippen LogP contribution < -0.4 is 5.32 Å². The van der Waals surface area contributed by atoms with Crippen molar-refractivity contribution in [1.82, 2.24) is 9.97 Å². The quantitative estimate of drug-likeness (QED) is 0.728. The van der Waals surface area contributed by atoms with Gasteiger partial charge in [0.05, 0.1) is 16.9 Å². The number of carboxylic acid groups (broad SMARTS) is 1. The predicted octanol–water partition coefficient (Wildman–Crippen LogP) is 3.72. The van der Waals surface area contributed by atoms with E-state index in [0.29, 0.717) is 16.6 Å². The van der Waals surface area contributed by atoms with E-state index in [0.717, 1.165) is 5.56 Å². The van der Waals surface area contributed by atoms with Gasteiger partial charge in [0.25, 0.3) is 0 Å². The molecule has 1 aromatic carbocycles. The SMILES string of the molecule is C=Cc1cc2nc(C(=O)O)c(NC(=O)OCc3ccccc3)cc2cn1. The number of pyridine rings is 2. The highest BCUT2D eigenvalue weighted by molar-refractivity contribution is 6.00. The van der Waals surface area contributed by atoms with E-state index in [-0.39, 0.29) is 18.0 Å². The predicted molar refractivity (Wildman–Crippen MR) is 96.8 cm³/mol. The third-order valence-corrected chi connectivity index (χ3v) is 3.58. The van der Waals surface area contributed by atoms with Crippen LogP contribution in [0.3, 0.4) is 0 Å². The zero-order valence-corrected chi connectivity index (χ0v) is 13.7. The van der Waals surface area contributed by atoms with Gasteiger partial charge in [-0.1, -0.05) is 36.9 Å². The van der Waals surface area contributed by atoms with E-state index in [1.165, 1.54) is 18.3 Å². The summed E-state index contributed by atoms with van der Waals surface area (Å²) in [7, 11) is 0. The van der Waals surface area contributed by atoms with Crippen molar-refractivity contribution < 1.29 is 19.4 Å². The van der Waals surface area contributed by atoms with Gasteiger partial charge < -0.3 is 9.84 Å². The van der Waals surface area contributed by atoms with E-state index in [1.54, 1.807) is 6.07 Å². The number of nitrogens with zero attached hydrogens (tertiary/aromatic N) is 2. The molecular formula is C19H15N3O4. The molecule has 3 aromatic rings. The average molecular weight is 349 g/mol.